The Morgan fingerprint density at radius 2 is 2.17 bits per heavy atom. The Labute approximate surface area is 135 Å². The molecule has 0 aromatic rings. The summed E-state index contributed by atoms with van der Waals surface area (Å²) >= 11 is 0. The van der Waals surface area contributed by atoms with Crippen molar-refractivity contribution in [2.24, 2.45) is 11.8 Å². The number of carbonyl (C=O) groups excluding carboxylic acids is 2. The van der Waals surface area contributed by atoms with Crippen molar-refractivity contribution >= 4 is 11.9 Å². The maximum Gasteiger partial charge on any atom is 0.334 e. The molecule has 0 aromatic heterocycles. The van der Waals surface area contributed by atoms with Crippen LogP contribution in [0.25, 0.3) is 0 Å². The van der Waals surface area contributed by atoms with E-state index in [1.807, 2.05) is 13.8 Å². The van der Waals surface area contributed by atoms with Crippen molar-refractivity contribution in [3.05, 3.63) is 12.2 Å². The summed E-state index contributed by atoms with van der Waals surface area (Å²) in [5.74, 6) is -1.56. The molecular formula is C17H24O6. The smallest absolute Gasteiger partial charge is 0.334 e. The highest BCUT2D eigenvalue weighted by Crippen LogP contribution is 2.49. The van der Waals surface area contributed by atoms with E-state index in [9.17, 15) is 14.7 Å². The molecule has 23 heavy (non-hydrogen) atoms. The van der Waals surface area contributed by atoms with Gasteiger partial charge in [0.2, 0.25) is 0 Å². The van der Waals surface area contributed by atoms with Gasteiger partial charge in [-0.15, -0.1) is 0 Å². The third kappa shape index (κ3) is 2.78. The SMILES string of the molecule is C=C1C(=O)O[C@@H]2[C@@H](OC(C)=O)[C@H](C)CCC[C@]3(C)O[C@@H]3[C@H](O)[C@@H]12. The Morgan fingerprint density at radius 3 is 2.83 bits per heavy atom. The number of esters is 2. The van der Waals surface area contributed by atoms with Gasteiger partial charge >= 0.3 is 11.9 Å². The van der Waals surface area contributed by atoms with E-state index in [2.05, 4.69) is 6.58 Å². The molecule has 0 unspecified atom stereocenters. The number of carbonyl (C=O) groups is 2. The molecule has 1 N–H and O–H groups in total. The quantitative estimate of drug-likeness (QED) is 0.445. The maximum absolute atomic E-state index is 12.0. The lowest BCUT2D eigenvalue weighted by molar-refractivity contribution is -0.167. The van der Waals surface area contributed by atoms with E-state index in [-0.39, 0.29) is 23.2 Å². The summed E-state index contributed by atoms with van der Waals surface area (Å²) < 4.78 is 16.6. The molecule has 0 spiro atoms. The molecule has 0 amide bonds. The molecule has 3 rings (SSSR count). The second-order valence-corrected chi connectivity index (χ2v) is 7.21. The number of hydrogen-bond donors (Lipinski definition) is 1. The summed E-state index contributed by atoms with van der Waals surface area (Å²) in [6, 6.07) is 0. The molecule has 2 aliphatic heterocycles. The number of fused-ring (bicyclic) bond motifs is 2. The van der Waals surface area contributed by atoms with E-state index in [0.717, 1.165) is 19.3 Å². The minimum Gasteiger partial charge on any atom is -0.458 e. The van der Waals surface area contributed by atoms with E-state index in [0.29, 0.717) is 0 Å². The zero-order chi connectivity index (χ0) is 16.9. The standard InChI is InChI=1S/C17H24O6/c1-8-6-5-7-17(4)15(23-17)12(19)11-9(2)16(20)22-14(11)13(8)21-10(3)18/h8,11-15,19H,2,5-7H2,1,3-4H3/t8-,11-,12-,13+,14+,15-,17+/m1/s1. The van der Waals surface area contributed by atoms with Gasteiger partial charge in [0, 0.05) is 12.5 Å². The maximum atomic E-state index is 12.0. The lowest BCUT2D eigenvalue weighted by Gasteiger charge is -2.33. The van der Waals surface area contributed by atoms with Crippen molar-refractivity contribution < 1.29 is 28.9 Å². The largest absolute Gasteiger partial charge is 0.458 e. The van der Waals surface area contributed by atoms with Crippen LogP contribution in [0.4, 0.5) is 0 Å². The Hall–Kier alpha value is -1.40. The van der Waals surface area contributed by atoms with Gasteiger partial charge in [-0.1, -0.05) is 19.9 Å². The summed E-state index contributed by atoms with van der Waals surface area (Å²) in [5, 5.41) is 10.7. The van der Waals surface area contributed by atoms with Gasteiger partial charge in [0.1, 0.15) is 18.3 Å². The number of rotatable bonds is 1. The van der Waals surface area contributed by atoms with Crippen molar-refractivity contribution in [1.82, 2.24) is 0 Å². The lowest BCUT2D eigenvalue weighted by atomic mass is 9.78. The second-order valence-electron chi connectivity index (χ2n) is 7.21. The third-order valence-corrected chi connectivity index (χ3v) is 5.40. The van der Waals surface area contributed by atoms with E-state index in [1.54, 1.807) is 0 Å². The van der Waals surface area contributed by atoms with Crippen LogP contribution in [-0.4, -0.2) is 47.1 Å². The van der Waals surface area contributed by atoms with E-state index < -0.39 is 36.2 Å². The fraction of sp³-hybridized carbons (Fsp3) is 0.765. The summed E-state index contributed by atoms with van der Waals surface area (Å²) in [4.78, 5) is 23.5. The zero-order valence-corrected chi connectivity index (χ0v) is 13.8. The molecule has 0 bridgehead atoms. The van der Waals surface area contributed by atoms with Gasteiger partial charge in [0.05, 0.1) is 17.6 Å². The Morgan fingerprint density at radius 1 is 1.48 bits per heavy atom. The van der Waals surface area contributed by atoms with E-state index in [4.69, 9.17) is 14.2 Å². The van der Waals surface area contributed by atoms with Crippen molar-refractivity contribution in [2.45, 2.75) is 70.1 Å². The molecule has 7 atom stereocenters. The van der Waals surface area contributed by atoms with Gasteiger partial charge in [-0.25, -0.2) is 4.79 Å². The minimum absolute atomic E-state index is 0.0104. The molecule has 1 aliphatic carbocycles. The predicted molar refractivity (Wildman–Crippen MR) is 80.4 cm³/mol. The van der Waals surface area contributed by atoms with Gasteiger partial charge in [0.25, 0.3) is 0 Å². The van der Waals surface area contributed by atoms with Crippen molar-refractivity contribution in [3.63, 3.8) is 0 Å². The first-order chi connectivity index (χ1) is 10.7. The molecule has 1 saturated carbocycles. The van der Waals surface area contributed by atoms with Crippen molar-refractivity contribution in [2.75, 3.05) is 0 Å². The number of hydrogen-bond acceptors (Lipinski definition) is 6. The van der Waals surface area contributed by atoms with Crippen LogP contribution in [0.5, 0.6) is 0 Å². The molecular weight excluding hydrogens is 300 g/mol. The summed E-state index contributed by atoms with van der Waals surface area (Å²) in [6.45, 7) is 9.07. The average molecular weight is 324 g/mol. The zero-order valence-electron chi connectivity index (χ0n) is 13.8. The Bertz CT molecular complexity index is 543. The fourth-order valence-electron chi connectivity index (χ4n) is 3.99. The van der Waals surface area contributed by atoms with Crippen LogP contribution in [0.2, 0.25) is 0 Å². The van der Waals surface area contributed by atoms with Crippen LogP contribution < -0.4 is 0 Å². The fourth-order valence-corrected chi connectivity index (χ4v) is 3.99. The molecule has 0 aromatic carbocycles. The highest BCUT2D eigenvalue weighted by molar-refractivity contribution is 5.91. The van der Waals surface area contributed by atoms with Gasteiger partial charge in [-0.2, -0.15) is 0 Å². The number of aliphatic hydroxyl groups excluding tert-OH is 1. The summed E-state index contributed by atoms with van der Waals surface area (Å²) in [5.41, 5.74) is -0.130. The molecule has 6 nitrogen and oxygen atoms in total. The Balaban J connectivity index is 1.94. The highest BCUT2D eigenvalue weighted by Gasteiger charge is 2.62. The molecule has 2 saturated heterocycles. The third-order valence-electron chi connectivity index (χ3n) is 5.40. The number of epoxide rings is 1. The van der Waals surface area contributed by atoms with Crippen molar-refractivity contribution in [1.29, 1.82) is 0 Å². The molecule has 2 heterocycles. The van der Waals surface area contributed by atoms with Crippen LogP contribution in [0.15, 0.2) is 12.2 Å². The van der Waals surface area contributed by atoms with Gasteiger partial charge in [-0.3, -0.25) is 4.79 Å². The van der Waals surface area contributed by atoms with E-state index in [1.165, 1.54) is 6.92 Å². The van der Waals surface area contributed by atoms with Crippen LogP contribution >= 0.6 is 0 Å². The van der Waals surface area contributed by atoms with Gasteiger partial charge in [0.15, 0.2) is 0 Å². The van der Waals surface area contributed by atoms with Crippen LogP contribution in [0.1, 0.15) is 40.0 Å². The highest BCUT2D eigenvalue weighted by atomic mass is 16.6. The lowest BCUT2D eigenvalue weighted by Crippen LogP contribution is -2.46. The average Bonchev–Trinajstić information content (AvgIpc) is 3.05. The Kier molecular flexibility index (Phi) is 4.01. The molecule has 3 aliphatic rings. The predicted octanol–water partition coefficient (Wildman–Crippen LogP) is 1.35. The minimum atomic E-state index is -0.896. The molecule has 6 heteroatoms. The second kappa shape index (κ2) is 5.60. The topological polar surface area (TPSA) is 85.4 Å². The van der Waals surface area contributed by atoms with Crippen LogP contribution in [-0.2, 0) is 23.8 Å². The number of ether oxygens (including phenoxy) is 3. The van der Waals surface area contributed by atoms with Gasteiger partial charge < -0.3 is 19.3 Å². The van der Waals surface area contributed by atoms with Crippen molar-refractivity contribution in [3.8, 4) is 0 Å². The molecule has 128 valence electrons. The molecule has 3 fully saturated rings. The first kappa shape index (κ1) is 16.5. The monoisotopic (exact) mass is 324 g/mol. The summed E-state index contributed by atoms with van der Waals surface area (Å²) in [7, 11) is 0. The number of aliphatic hydroxyl groups is 1. The summed E-state index contributed by atoms with van der Waals surface area (Å²) in [6.07, 6.45) is 0.0106. The van der Waals surface area contributed by atoms with Crippen LogP contribution in [0, 0.1) is 11.8 Å². The first-order valence-corrected chi connectivity index (χ1v) is 8.17. The van der Waals surface area contributed by atoms with Gasteiger partial charge in [-0.05, 0) is 25.7 Å². The first-order valence-electron chi connectivity index (χ1n) is 8.17. The normalized spacial score (nSPS) is 46.4. The molecule has 0 radical (unpaired) electrons. The van der Waals surface area contributed by atoms with Crippen LogP contribution in [0.3, 0.4) is 0 Å². The van der Waals surface area contributed by atoms with E-state index >= 15 is 0 Å².